The molecule has 0 radical (unpaired) electrons. The van der Waals surface area contributed by atoms with Gasteiger partial charge in [-0.05, 0) is 12.1 Å². The lowest BCUT2D eigenvalue weighted by atomic mass is 10.2. The van der Waals surface area contributed by atoms with E-state index in [0.29, 0.717) is 0 Å². The minimum Gasteiger partial charge on any atom is -0.288 e. The van der Waals surface area contributed by atoms with Crippen molar-refractivity contribution in [3.8, 4) is 0 Å². The zero-order chi connectivity index (χ0) is 12.6. The van der Waals surface area contributed by atoms with Gasteiger partial charge < -0.3 is 0 Å². The summed E-state index contributed by atoms with van der Waals surface area (Å²) in [7, 11) is 0. The zero-order valence-electron chi connectivity index (χ0n) is 8.47. The van der Waals surface area contributed by atoms with E-state index in [-0.39, 0.29) is 17.4 Å². The first kappa shape index (κ1) is 12.0. The van der Waals surface area contributed by atoms with Gasteiger partial charge in [0.2, 0.25) is 5.91 Å². The SMILES string of the molecule is O=C1CCN(c2c(F)cc(Br)cc2F)C(=O)N1. The third-order valence-corrected chi connectivity index (χ3v) is 2.76. The number of nitrogens with zero attached hydrogens (tertiary/aromatic N) is 1. The summed E-state index contributed by atoms with van der Waals surface area (Å²) in [5, 5.41) is 2.00. The summed E-state index contributed by atoms with van der Waals surface area (Å²) >= 11 is 2.94. The van der Waals surface area contributed by atoms with Crippen molar-refractivity contribution >= 4 is 33.6 Å². The van der Waals surface area contributed by atoms with Gasteiger partial charge in [-0.1, -0.05) is 15.9 Å². The van der Waals surface area contributed by atoms with Gasteiger partial charge in [0.25, 0.3) is 0 Å². The number of benzene rings is 1. The molecule has 1 fully saturated rings. The molecule has 3 amide bonds. The summed E-state index contributed by atoms with van der Waals surface area (Å²) in [6.07, 6.45) is 0.0146. The Hall–Kier alpha value is -1.50. The molecule has 1 saturated heterocycles. The molecule has 1 aliphatic heterocycles. The van der Waals surface area contributed by atoms with Gasteiger partial charge in [-0.15, -0.1) is 0 Å². The number of hydrogen-bond acceptors (Lipinski definition) is 2. The number of carbonyl (C=O) groups excluding carboxylic acids is 2. The highest BCUT2D eigenvalue weighted by Gasteiger charge is 2.28. The first-order chi connectivity index (χ1) is 7.99. The predicted molar refractivity (Wildman–Crippen MR) is 59.6 cm³/mol. The molecule has 0 unspecified atom stereocenters. The van der Waals surface area contributed by atoms with Gasteiger partial charge in [-0.3, -0.25) is 15.0 Å². The topological polar surface area (TPSA) is 49.4 Å². The quantitative estimate of drug-likeness (QED) is 0.864. The summed E-state index contributed by atoms with van der Waals surface area (Å²) in [5.74, 6) is -2.17. The van der Waals surface area contributed by atoms with E-state index in [9.17, 15) is 18.4 Å². The molecule has 2 rings (SSSR count). The molecule has 0 aliphatic carbocycles. The summed E-state index contributed by atoms with van der Waals surface area (Å²) in [4.78, 5) is 23.2. The van der Waals surface area contributed by atoms with Gasteiger partial charge >= 0.3 is 6.03 Å². The van der Waals surface area contributed by atoms with E-state index in [0.717, 1.165) is 17.0 Å². The maximum absolute atomic E-state index is 13.6. The minimum atomic E-state index is -0.860. The van der Waals surface area contributed by atoms with Crippen LogP contribution >= 0.6 is 15.9 Å². The highest BCUT2D eigenvalue weighted by Crippen LogP contribution is 2.28. The van der Waals surface area contributed by atoms with E-state index in [1.807, 2.05) is 5.32 Å². The van der Waals surface area contributed by atoms with Crippen molar-refractivity contribution in [1.29, 1.82) is 0 Å². The van der Waals surface area contributed by atoms with Crippen LogP contribution < -0.4 is 10.2 Å². The number of urea groups is 1. The van der Waals surface area contributed by atoms with E-state index < -0.39 is 29.3 Å². The Morgan fingerprint density at radius 3 is 2.35 bits per heavy atom. The highest BCUT2D eigenvalue weighted by molar-refractivity contribution is 9.10. The molecular weight excluding hydrogens is 298 g/mol. The van der Waals surface area contributed by atoms with Gasteiger partial charge in [0.1, 0.15) is 5.69 Å². The molecule has 17 heavy (non-hydrogen) atoms. The van der Waals surface area contributed by atoms with Crippen molar-refractivity contribution in [2.24, 2.45) is 0 Å². The van der Waals surface area contributed by atoms with Crippen molar-refractivity contribution in [2.45, 2.75) is 6.42 Å². The second-order valence-electron chi connectivity index (χ2n) is 3.47. The maximum Gasteiger partial charge on any atom is 0.328 e. The van der Waals surface area contributed by atoms with E-state index in [4.69, 9.17) is 0 Å². The summed E-state index contributed by atoms with van der Waals surface area (Å²) in [6, 6.07) is 1.30. The highest BCUT2D eigenvalue weighted by atomic mass is 79.9. The Balaban J connectivity index is 2.40. The summed E-state index contributed by atoms with van der Waals surface area (Å²) in [6.45, 7) is -0.0415. The molecular formula is C10H7BrF2N2O2. The third kappa shape index (κ3) is 2.28. The summed E-state index contributed by atoms with van der Waals surface area (Å²) in [5.41, 5.74) is -0.446. The van der Waals surface area contributed by atoms with Gasteiger partial charge in [-0.2, -0.15) is 0 Å². The predicted octanol–water partition coefficient (Wildman–Crippen LogP) is 2.17. The maximum atomic E-state index is 13.6. The molecule has 4 nitrogen and oxygen atoms in total. The van der Waals surface area contributed by atoms with Crippen LogP contribution in [0.15, 0.2) is 16.6 Å². The Morgan fingerprint density at radius 1 is 1.24 bits per heavy atom. The fourth-order valence-corrected chi connectivity index (χ4v) is 1.97. The normalized spacial score (nSPS) is 16.1. The van der Waals surface area contributed by atoms with Gasteiger partial charge in [-0.25, -0.2) is 13.6 Å². The lowest BCUT2D eigenvalue weighted by Gasteiger charge is -2.27. The van der Waals surface area contributed by atoms with Crippen LogP contribution in [0.2, 0.25) is 0 Å². The molecule has 0 spiro atoms. The van der Waals surface area contributed by atoms with Crippen LogP contribution in [0.5, 0.6) is 0 Å². The van der Waals surface area contributed by atoms with Crippen LogP contribution in [0.4, 0.5) is 19.3 Å². The minimum absolute atomic E-state index is 0.0146. The monoisotopic (exact) mass is 304 g/mol. The number of hydrogen-bond donors (Lipinski definition) is 1. The molecule has 0 bridgehead atoms. The lowest BCUT2D eigenvalue weighted by molar-refractivity contribution is -0.120. The van der Waals surface area contributed by atoms with Crippen LogP contribution in [0.25, 0.3) is 0 Å². The number of amides is 3. The van der Waals surface area contributed by atoms with E-state index in [2.05, 4.69) is 15.9 Å². The van der Waals surface area contributed by atoms with Crippen molar-refractivity contribution < 1.29 is 18.4 Å². The molecule has 1 N–H and O–H groups in total. The van der Waals surface area contributed by atoms with Crippen molar-refractivity contribution in [1.82, 2.24) is 5.32 Å². The second-order valence-corrected chi connectivity index (χ2v) is 4.39. The molecule has 0 aromatic heterocycles. The molecule has 1 heterocycles. The molecule has 1 aromatic carbocycles. The van der Waals surface area contributed by atoms with Crippen LogP contribution in [0.1, 0.15) is 6.42 Å². The Morgan fingerprint density at radius 2 is 1.82 bits per heavy atom. The van der Waals surface area contributed by atoms with Crippen LogP contribution in [0, 0.1) is 11.6 Å². The fourth-order valence-electron chi connectivity index (χ4n) is 1.57. The average molecular weight is 305 g/mol. The summed E-state index contributed by atoms with van der Waals surface area (Å²) < 4.78 is 27.4. The fraction of sp³-hybridized carbons (Fsp3) is 0.200. The number of imide groups is 1. The smallest absolute Gasteiger partial charge is 0.288 e. The molecule has 0 atom stereocenters. The first-order valence-corrected chi connectivity index (χ1v) is 5.54. The van der Waals surface area contributed by atoms with Gasteiger partial charge in [0.05, 0.1) is 0 Å². The Kier molecular flexibility index (Phi) is 3.10. The standard InChI is InChI=1S/C10H7BrF2N2O2/c11-5-3-6(12)9(7(13)4-5)15-2-1-8(16)14-10(15)17/h3-4H,1-2H2,(H,14,16,17). The number of rotatable bonds is 1. The van der Waals surface area contributed by atoms with Crippen molar-refractivity contribution in [2.75, 3.05) is 11.4 Å². The first-order valence-electron chi connectivity index (χ1n) is 4.75. The lowest BCUT2D eigenvalue weighted by Crippen LogP contribution is -2.50. The largest absolute Gasteiger partial charge is 0.328 e. The van der Waals surface area contributed by atoms with Crippen molar-refractivity contribution in [3.63, 3.8) is 0 Å². The Labute approximate surface area is 104 Å². The molecule has 0 saturated carbocycles. The van der Waals surface area contributed by atoms with Crippen LogP contribution in [0.3, 0.4) is 0 Å². The molecule has 1 aromatic rings. The van der Waals surface area contributed by atoms with Crippen LogP contribution in [-0.4, -0.2) is 18.5 Å². The molecule has 7 heteroatoms. The van der Waals surface area contributed by atoms with E-state index >= 15 is 0 Å². The molecule has 90 valence electrons. The number of carbonyl (C=O) groups is 2. The van der Waals surface area contributed by atoms with Gasteiger partial charge in [0, 0.05) is 17.4 Å². The van der Waals surface area contributed by atoms with E-state index in [1.165, 1.54) is 0 Å². The van der Waals surface area contributed by atoms with E-state index in [1.54, 1.807) is 0 Å². The zero-order valence-corrected chi connectivity index (χ0v) is 10.1. The number of halogens is 3. The van der Waals surface area contributed by atoms with Crippen LogP contribution in [-0.2, 0) is 4.79 Å². The average Bonchev–Trinajstić information content (AvgIpc) is 2.19. The number of nitrogens with one attached hydrogen (secondary N) is 1. The van der Waals surface area contributed by atoms with Gasteiger partial charge in [0.15, 0.2) is 11.6 Å². The third-order valence-electron chi connectivity index (χ3n) is 2.31. The number of anilines is 1. The Bertz CT molecular complexity index is 484. The van der Waals surface area contributed by atoms with Crippen molar-refractivity contribution in [3.05, 3.63) is 28.2 Å². The second kappa shape index (κ2) is 4.40. The molecule has 1 aliphatic rings.